The lowest BCUT2D eigenvalue weighted by Gasteiger charge is -2.08. The lowest BCUT2D eigenvalue weighted by molar-refractivity contribution is -0.159. The van der Waals surface area contributed by atoms with Gasteiger partial charge < -0.3 is 9.09 Å². The summed E-state index contributed by atoms with van der Waals surface area (Å²) in [6.45, 7) is 3.76. The van der Waals surface area contributed by atoms with Crippen LogP contribution in [0.3, 0.4) is 0 Å². The highest BCUT2D eigenvalue weighted by atomic mass is 19.4. The summed E-state index contributed by atoms with van der Waals surface area (Å²) in [5.74, 6) is -1.76. The van der Waals surface area contributed by atoms with Gasteiger partial charge in [0.05, 0.1) is 23.6 Å². The molecule has 0 N–H and O–H groups in total. The highest BCUT2D eigenvalue weighted by molar-refractivity contribution is 5.52. The summed E-state index contributed by atoms with van der Waals surface area (Å²) in [7, 11) is 0. The molecule has 3 rings (SSSR count). The van der Waals surface area contributed by atoms with Crippen molar-refractivity contribution in [2.75, 3.05) is 0 Å². The molecule has 3 heterocycles. The van der Waals surface area contributed by atoms with Crippen LogP contribution in [0.2, 0.25) is 0 Å². The van der Waals surface area contributed by atoms with Crippen LogP contribution in [0.4, 0.5) is 13.2 Å². The Labute approximate surface area is 139 Å². The highest BCUT2D eigenvalue weighted by Crippen LogP contribution is 2.29. The molecule has 0 aliphatic carbocycles. The van der Waals surface area contributed by atoms with Crippen LogP contribution in [0.1, 0.15) is 23.0 Å². The molecule has 0 fully saturated rings. The van der Waals surface area contributed by atoms with E-state index in [9.17, 15) is 18.0 Å². The molecule has 0 aliphatic heterocycles. The maximum atomic E-state index is 12.5. The summed E-state index contributed by atoms with van der Waals surface area (Å²) < 4.78 is 43.0. The van der Waals surface area contributed by atoms with Crippen LogP contribution < -0.4 is 5.56 Å². The minimum absolute atomic E-state index is 0.132. The molecule has 0 bridgehead atoms. The fraction of sp³-hybridized carbons (Fsp3) is 0.267. The van der Waals surface area contributed by atoms with Crippen molar-refractivity contribution in [3.63, 3.8) is 0 Å². The Morgan fingerprint density at radius 2 is 2.00 bits per heavy atom. The quantitative estimate of drug-likeness (QED) is 0.720. The van der Waals surface area contributed by atoms with E-state index in [1.54, 1.807) is 20.0 Å². The molecule has 0 radical (unpaired) electrons. The van der Waals surface area contributed by atoms with Crippen LogP contribution in [0.15, 0.2) is 33.8 Å². The van der Waals surface area contributed by atoms with Gasteiger partial charge in [-0.1, -0.05) is 5.16 Å². The Balaban J connectivity index is 1.90. The molecule has 3 aromatic heterocycles. The predicted octanol–water partition coefficient (Wildman–Crippen LogP) is 2.37. The van der Waals surface area contributed by atoms with Gasteiger partial charge in [0.1, 0.15) is 0 Å². The smallest absolute Gasteiger partial charge is 0.329 e. The molecule has 0 saturated carbocycles. The molecule has 0 aromatic carbocycles. The standard InChI is InChI=1S/C15H12F3N5O2/c1-8-6-19-9(2)11(20-8)7-23-4-3-10(5-12(23)24)13-21-14(25-22-13)15(16,17)18/h3-6H,7H2,1-2H3. The number of rotatable bonds is 3. The van der Waals surface area contributed by atoms with Crippen LogP contribution >= 0.6 is 0 Å². The number of hydrogen-bond donors (Lipinski definition) is 0. The SMILES string of the molecule is Cc1cnc(C)c(Cn2ccc(-c3noc(C(F)(F)F)n3)cc2=O)n1. The minimum Gasteiger partial charge on any atom is -0.329 e. The van der Waals surface area contributed by atoms with E-state index in [-0.39, 0.29) is 17.9 Å². The summed E-state index contributed by atoms with van der Waals surface area (Å²) in [4.78, 5) is 24.0. The molecule has 7 nitrogen and oxygen atoms in total. The van der Waals surface area contributed by atoms with E-state index in [2.05, 4.69) is 24.6 Å². The van der Waals surface area contributed by atoms with E-state index in [1.165, 1.54) is 16.8 Å². The number of halogens is 3. The van der Waals surface area contributed by atoms with Crippen LogP contribution in [0.25, 0.3) is 11.4 Å². The molecule has 0 spiro atoms. The zero-order valence-corrected chi connectivity index (χ0v) is 13.2. The van der Waals surface area contributed by atoms with Gasteiger partial charge in [-0.3, -0.25) is 14.8 Å². The van der Waals surface area contributed by atoms with E-state index < -0.39 is 17.6 Å². The Kier molecular flexibility index (Phi) is 4.11. The zero-order chi connectivity index (χ0) is 18.2. The Morgan fingerprint density at radius 3 is 2.64 bits per heavy atom. The molecular weight excluding hydrogens is 339 g/mol. The molecule has 3 aromatic rings. The number of nitrogens with zero attached hydrogens (tertiary/aromatic N) is 5. The van der Waals surface area contributed by atoms with E-state index in [0.717, 1.165) is 11.8 Å². The van der Waals surface area contributed by atoms with Crippen LogP contribution in [0.5, 0.6) is 0 Å². The van der Waals surface area contributed by atoms with Gasteiger partial charge >= 0.3 is 12.1 Å². The number of hydrogen-bond acceptors (Lipinski definition) is 6. The second-order valence-electron chi connectivity index (χ2n) is 5.35. The van der Waals surface area contributed by atoms with Gasteiger partial charge in [0.25, 0.3) is 5.56 Å². The van der Waals surface area contributed by atoms with Gasteiger partial charge in [-0.15, -0.1) is 0 Å². The maximum absolute atomic E-state index is 12.5. The number of aryl methyl sites for hydroxylation is 2. The first-order valence-electron chi connectivity index (χ1n) is 7.15. The Bertz CT molecular complexity index is 978. The first-order chi connectivity index (χ1) is 11.7. The van der Waals surface area contributed by atoms with E-state index >= 15 is 0 Å². The second kappa shape index (κ2) is 6.11. The lowest BCUT2D eigenvalue weighted by Crippen LogP contribution is -2.20. The van der Waals surface area contributed by atoms with Crippen molar-refractivity contribution in [3.8, 4) is 11.4 Å². The number of pyridine rings is 1. The van der Waals surface area contributed by atoms with Crippen molar-refractivity contribution < 1.29 is 17.7 Å². The maximum Gasteiger partial charge on any atom is 0.471 e. The zero-order valence-electron chi connectivity index (χ0n) is 13.2. The van der Waals surface area contributed by atoms with Crippen LogP contribution in [-0.4, -0.2) is 24.7 Å². The monoisotopic (exact) mass is 351 g/mol. The normalized spacial score (nSPS) is 11.7. The summed E-state index contributed by atoms with van der Waals surface area (Å²) in [6, 6.07) is 2.58. The predicted molar refractivity (Wildman–Crippen MR) is 79.6 cm³/mol. The lowest BCUT2D eigenvalue weighted by atomic mass is 10.2. The molecule has 0 unspecified atom stereocenters. The molecule has 0 aliphatic rings. The minimum atomic E-state index is -4.73. The molecular formula is C15H12F3N5O2. The third-order valence-electron chi connectivity index (χ3n) is 3.42. The fourth-order valence-corrected chi connectivity index (χ4v) is 2.13. The topological polar surface area (TPSA) is 86.7 Å². The van der Waals surface area contributed by atoms with Crippen molar-refractivity contribution in [1.29, 1.82) is 0 Å². The Hall–Kier alpha value is -3.04. The van der Waals surface area contributed by atoms with E-state index in [4.69, 9.17) is 0 Å². The number of aromatic nitrogens is 5. The fourth-order valence-electron chi connectivity index (χ4n) is 2.13. The largest absolute Gasteiger partial charge is 0.471 e. The van der Waals surface area contributed by atoms with Crippen molar-refractivity contribution in [3.05, 3.63) is 57.9 Å². The van der Waals surface area contributed by atoms with E-state index in [0.29, 0.717) is 11.4 Å². The average molecular weight is 351 g/mol. The third-order valence-corrected chi connectivity index (χ3v) is 3.42. The number of alkyl halides is 3. The molecule has 0 saturated heterocycles. The van der Waals surface area contributed by atoms with E-state index in [1.807, 2.05) is 0 Å². The van der Waals surface area contributed by atoms with Gasteiger partial charge in [-0.05, 0) is 19.9 Å². The van der Waals surface area contributed by atoms with Crippen LogP contribution in [-0.2, 0) is 12.7 Å². The summed E-state index contributed by atoms with van der Waals surface area (Å²) in [5.41, 5.74) is 1.74. The van der Waals surface area contributed by atoms with Gasteiger partial charge in [0, 0.05) is 24.0 Å². The van der Waals surface area contributed by atoms with Gasteiger partial charge in [0.2, 0.25) is 5.82 Å². The summed E-state index contributed by atoms with van der Waals surface area (Å²) in [6.07, 6.45) is -1.68. The van der Waals surface area contributed by atoms with Crippen molar-refractivity contribution in [1.82, 2.24) is 24.7 Å². The first-order valence-corrected chi connectivity index (χ1v) is 7.15. The Morgan fingerprint density at radius 1 is 1.24 bits per heavy atom. The molecule has 25 heavy (non-hydrogen) atoms. The molecule has 0 amide bonds. The average Bonchev–Trinajstić information content (AvgIpc) is 3.03. The third kappa shape index (κ3) is 3.57. The highest BCUT2D eigenvalue weighted by Gasteiger charge is 2.38. The molecule has 0 atom stereocenters. The van der Waals surface area contributed by atoms with Crippen LogP contribution in [0, 0.1) is 13.8 Å². The molecule has 130 valence electrons. The van der Waals surface area contributed by atoms with Gasteiger partial charge in [-0.2, -0.15) is 18.2 Å². The van der Waals surface area contributed by atoms with Crippen molar-refractivity contribution in [2.24, 2.45) is 0 Å². The summed E-state index contributed by atoms with van der Waals surface area (Å²) in [5, 5.41) is 3.26. The summed E-state index contributed by atoms with van der Waals surface area (Å²) >= 11 is 0. The van der Waals surface area contributed by atoms with Crippen molar-refractivity contribution >= 4 is 0 Å². The second-order valence-corrected chi connectivity index (χ2v) is 5.35. The van der Waals surface area contributed by atoms with Crippen molar-refractivity contribution in [2.45, 2.75) is 26.6 Å². The van der Waals surface area contributed by atoms with Gasteiger partial charge in [-0.25, -0.2) is 0 Å². The molecule has 10 heteroatoms. The van der Waals surface area contributed by atoms with Gasteiger partial charge in [0.15, 0.2) is 0 Å². The first kappa shape index (κ1) is 16.8.